The third kappa shape index (κ3) is 2.52. The van der Waals surface area contributed by atoms with Gasteiger partial charge in [0, 0.05) is 7.05 Å². The maximum atomic E-state index is 12.3. The van der Waals surface area contributed by atoms with Crippen molar-refractivity contribution in [3.05, 3.63) is 31.3 Å². The number of aromatic carboxylic acids is 1. The van der Waals surface area contributed by atoms with E-state index in [1.165, 1.54) is 11.6 Å². The number of likely N-dealkylation sites (N-methyl/N-ethyl adjacent to an activating group) is 1. The summed E-state index contributed by atoms with van der Waals surface area (Å²) in [4.78, 5) is 37.2. The first-order chi connectivity index (χ1) is 9.75. The van der Waals surface area contributed by atoms with Crippen LogP contribution in [0.1, 0.15) is 15.2 Å². The van der Waals surface area contributed by atoms with Gasteiger partial charge in [-0.05, 0) is 12.5 Å². The molecular weight excluding hydrogens is 294 g/mol. The molecule has 0 bridgehead atoms. The molecule has 0 aromatic carbocycles. The number of thiophene rings is 1. The number of carboxylic acid groups (broad SMARTS) is 1. The van der Waals surface area contributed by atoms with Crippen LogP contribution >= 0.6 is 11.3 Å². The fraction of sp³-hybridized carbons (Fsp3) is 0.462. The molecule has 0 fully saturated rings. The highest BCUT2D eigenvalue weighted by Crippen LogP contribution is 2.26. The molecule has 0 radical (unpaired) electrons. The molecule has 2 aromatic heterocycles. The Kier molecular flexibility index (Phi) is 4.02. The van der Waals surface area contributed by atoms with Crippen molar-refractivity contribution in [2.75, 3.05) is 20.6 Å². The van der Waals surface area contributed by atoms with Crippen molar-refractivity contribution >= 4 is 27.5 Å². The number of carbonyl (C=O) groups excluding carboxylic acids is 1. The van der Waals surface area contributed by atoms with Crippen LogP contribution in [0.2, 0.25) is 0 Å². The summed E-state index contributed by atoms with van der Waals surface area (Å²) in [5.74, 6) is -1.33. The molecule has 2 aromatic rings. The molecule has 0 unspecified atom stereocenters. The van der Waals surface area contributed by atoms with Crippen molar-refractivity contribution in [3.8, 4) is 0 Å². The standard InChI is InChI=1S/C13H17N3O4S/c1-7-8-10(17)15(4)13(20)16(6-5-14(2)3)11(8)21-9(7)12(18)19/h5-6H2,1-4H3,(H,18,19). The van der Waals surface area contributed by atoms with Crippen molar-refractivity contribution in [1.82, 2.24) is 9.13 Å². The second-order valence-corrected chi connectivity index (χ2v) is 6.28. The molecule has 2 rings (SSSR count). The quantitative estimate of drug-likeness (QED) is 0.680. The van der Waals surface area contributed by atoms with Gasteiger partial charge >= 0.3 is 5.69 Å². The Morgan fingerprint density at radius 1 is 1.33 bits per heavy atom. The number of fused-ring (bicyclic) bond motifs is 1. The maximum absolute atomic E-state index is 12.3. The van der Waals surface area contributed by atoms with Crippen LogP contribution in [0.15, 0.2) is 9.59 Å². The SMILES string of the molecule is Cc1c(C(=O)[O-])sc2c1c(=O)n(C)c(=O)n2CC[NH+](C)C. The molecule has 0 saturated heterocycles. The number of aromatic nitrogens is 2. The fourth-order valence-electron chi connectivity index (χ4n) is 2.19. The van der Waals surface area contributed by atoms with Gasteiger partial charge in [0.25, 0.3) is 5.56 Å². The largest absolute Gasteiger partial charge is 0.544 e. The number of carboxylic acids is 1. The number of hydrogen-bond acceptors (Lipinski definition) is 5. The zero-order chi connectivity index (χ0) is 15.9. The second-order valence-electron chi connectivity index (χ2n) is 5.28. The maximum Gasteiger partial charge on any atom is 0.332 e. The number of hydrogen-bond donors (Lipinski definition) is 1. The third-order valence-corrected chi connectivity index (χ3v) is 4.73. The zero-order valence-corrected chi connectivity index (χ0v) is 13.2. The van der Waals surface area contributed by atoms with Crippen LogP contribution in [0.3, 0.4) is 0 Å². The number of nitrogens with one attached hydrogen (secondary N) is 1. The Labute approximate surface area is 124 Å². The van der Waals surface area contributed by atoms with E-state index in [1.54, 1.807) is 6.92 Å². The van der Waals surface area contributed by atoms with Gasteiger partial charge in [-0.1, -0.05) is 0 Å². The fourth-order valence-corrected chi connectivity index (χ4v) is 3.34. The van der Waals surface area contributed by atoms with Crippen molar-refractivity contribution in [1.29, 1.82) is 0 Å². The normalized spacial score (nSPS) is 11.5. The predicted octanol–water partition coefficient (Wildman–Crippen LogP) is -2.42. The average molecular weight is 311 g/mol. The molecule has 0 amide bonds. The van der Waals surface area contributed by atoms with Gasteiger partial charge in [-0.15, -0.1) is 11.3 Å². The van der Waals surface area contributed by atoms with Gasteiger partial charge in [-0.2, -0.15) is 0 Å². The number of rotatable bonds is 4. The van der Waals surface area contributed by atoms with E-state index in [0.29, 0.717) is 23.5 Å². The van der Waals surface area contributed by atoms with Crippen LogP contribution in [0.5, 0.6) is 0 Å². The van der Waals surface area contributed by atoms with Crippen molar-refractivity contribution in [2.45, 2.75) is 13.5 Å². The highest BCUT2D eigenvalue weighted by molar-refractivity contribution is 7.20. The summed E-state index contributed by atoms with van der Waals surface area (Å²) < 4.78 is 2.49. The Hall–Kier alpha value is -1.93. The Morgan fingerprint density at radius 2 is 1.95 bits per heavy atom. The summed E-state index contributed by atoms with van der Waals surface area (Å²) in [5, 5.41) is 11.4. The van der Waals surface area contributed by atoms with E-state index in [0.717, 1.165) is 20.8 Å². The Bertz CT molecular complexity index is 829. The van der Waals surface area contributed by atoms with Crippen molar-refractivity contribution < 1.29 is 14.8 Å². The summed E-state index contributed by atoms with van der Waals surface area (Å²) in [6.45, 7) is 2.67. The lowest BCUT2D eigenvalue weighted by Gasteiger charge is -2.11. The Balaban J connectivity index is 2.84. The molecule has 21 heavy (non-hydrogen) atoms. The molecule has 8 heteroatoms. The van der Waals surface area contributed by atoms with E-state index in [9.17, 15) is 19.5 Å². The summed E-state index contributed by atoms with van der Waals surface area (Å²) in [6, 6.07) is 0. The summed E-state index contributed by atoms with van der Waals surface area (Å²) in [7, 11) is 5.31. The molecule has 0 aliphatic rings. The smallest absolute Gasteiger partial charge is 0.332 e. The number of carbonyl (C=O) groups is 1. The summed E-state index contributed by atoms with van der Waals surface area (Å²) in [5.41, 5.74) is -0.536. The molecule has 114 valence electrons. The zero-order valence-electron chi connectivity index (χ0n) is 12.3. The van der Waals surface area contributed by atoms with Crippen LogP contribution in [0.25, 0.3) is 10.2 Å². The van der Waals surface area contributed by atoms with Crippen LogP contribution in [0.4, 0.5) is 0 Å². The molecule has 0 aliphatic heterocycles. The number of aryl methyl sites for hydroxylation is 1. The van der Waals surface area contributed by atoms with Crippen LogP contribution < -0.4 is 21.3 Å². The van der Waals surface area contributed by atoms with E-state index in [4.69, 9.17) is 0 Å². The van der Waals surface area contributed by atoms with Crippen LogP contribution in [-0.2, 0) is 13.6 Å². The Morgan fingerprint density at radius 3 is 2.48 bits per heavy atom. The van der Waals surface area contributed by atoms with Gasteiger partial charge < -0.3 is 14.8 Å². The lowest BCUT2D eigenvalue weighted by molar-refractivity contribution is -0.858. The van der Waals surface area contributed by atoms with E-state index in [2.05, 4.69) is 0 Å². The first kappa shape index (κ1) is 15.5. The van der Waals surface area contributed by atoms with Gasteiger partial charge in [0.05, 0.1) is 43.4 Å². The second kappa shape index (κ2) is 5.45. The van der Waals surface area contributed by atoms with Crippen LogP contribution in [0, 0.1) is 6.92 Å². The molecule has 0 saturated carbocycles. The monoisotopic (exact) mass is 311 g/mol. The summed E-state index contributed by atoms with van der Waals surface area (Å²) >= 11 is 0.926. The van der Waals surface area contributed by atoms with E-state index >= 15 is 0 Å². The predicted molar refractivity (Wildman–Crippen MR) is 78.1 cm³/mol. The highest BCUT2D eigenvalue weighted by atomic mass is 32.1. The minimum absolute atomic E-state index is 0.00125. The minimum Gasteiger partial charge on any atom is -0.544 e. The van der Waals surface area contributed by atoms with Crippen LogP contribution in [-0.4, -0.2) is 35.7 Å². The van der Waals surface area contributed by atoms with Gasteiger partial charge in [-0.3, -0.25) is 13.9 Å². The van der Waals surface area contributed by atoms with E-state index < -0.39 is 17.2 Å². The lowest BCUT2D eigenvalue weighted by Crippen LogP contribution is -3.06. The molecule has 1 N–H and O–H groups in total. The van der Waals surface area contributed by atoms with E-state index in [1.807, 2.05) is 14.1 Å². The van der Waals surface area contributed by atoms with Gasteiger partial charge in [-0.25, -0.2) is 4.79 Å². The minimum atomic E-state index is -1.33. The topological polar surface area (TPSA) is 88.6 Å². The van der Waals surface area contributed by atoms with Crippen molar-refractivity contribution in [2.24, 2.45) is 7.05 Å². The average Bonchev–Trinajstić information content (AvgIpc) is 2.73. The third-order valence-electron chi connectivity index (χ3n) is 3.43. The van der Waals surface area contributed by atoms with Gasteiger partial charge in [0.15, 0.2) is 0 Å². The molecule has 0 spiro atoms. The number of nitrogens with zero attached hydrogens (tertiary/aromatic N) is 2. The first-order valence-corrected chi connectivity index (χ1v) is 7.30. The van der Waals surface area contributed by atoms with Gasteiger partial charge in [0.1, 0.15) is 4.83 Å². The molecule has 2 heterocycles. The summed E-state index contributed by atoms with van der Waals surface area (Å²) in [6.07, 6.45) is 0. The molecule has 0 atom stereocenters. The van der Waals surface area contributed by atoms with Gasteiger partial charge in [0.2, 0.25) is 0 Å². The lowest BCUT2D eigenvalue weighted by atomic mass is 10.2. The number of quaternary nitrogens is 1. The molecule has 0 aliphatic carbocycles. The highest BCUT2D eigenvalue weighted by Gasteiger charge is 2.19. The van der Waals surface area contributed by atoms with E-state index in [-0.39, 0.29) is 10.3 Å². The van der Waals surface area contributed by atoms with Crippen molar-refractivity contribution in [3.63, 3.8) is 0 Å². The molecular formula is C13H17N3O4S. The molecule has 7 nitrogen and oxygen atoms in total. The first-order valence-electron chi connectivity index (χ1n) is 6.49.